The molecule has 2 fully saturated rings. The summed E-state index contributed by atoms with van der Waals surface area (Å²) in [5, 5.41) is 9.79. The van der Waals surface area contributed by atoms with E-state index in [1.165, 1.54) is 0 Å². The summed E-state index contributed by atoms with van der Waals surface area (Å²) in [7, 11) is 1.65. The van der Waals surface area contributed by atoms with E-state index in [2.05, 4.69) is 9.88 Å². The minimum Gasteiger partial charge on any atom is -0.497 e. The lowest BCUT2D eigenvalue weighted by molar-refractivity contribution is -0.159. The first-order valence-corrected chi connectivity index (χ1v) is 8.82. The van der Waals surface area contributed by atoms with Crippen LogP contribution in [0.1, 0.15) is 12.2 Å². The van der Waals surface area contributed by atoms with Gasteiger partial charge in [0, 0.05) is 37.8 Å². The number of benzene rings is 1. The number of fused-ring (bicyclic) bond motifs is 1. The third-order valence-corrected chi connectivity index (χ3v) is 5.60. The van der Waals surface area contributed by atoms with Gasteiger partial charge in [-0.25, -0.2) is 4.98 Å². The topological polar surface area (TPSA) is 76.8 Å². The lowest BCUT2D eigenvalue weighted by atomic mass is 9.76. The Kier molecular flexibility index (Phi) is 4.42. The summed E-state index contributed by atoms with van der Waals surface area (Å²) < 4.78 is 12.8. The van der Waals surface area contributed by atoms with E-state index < -0.39 is 11.4 Å². The van der Waals surface area contributed by atoms with Gasteiger partial charge < -0.3 is 19.1 Å². The van der Waals surface area contributed by atoms with Crippen molar-refractivity contribution in [1.29, 1.82) is 0 Å². The molecule has 0 saturated carbocycles. The molecule has 2 aromatic rings. The van der Waals surface area contributed by atoms with E-state index in [1.54, 1.807) is 13.3 Å². The maximum Gasteiger partial charge on any atom is 0.313 e. The van der Waals surface area contributed by atoms with E-state index in [9.17, 15) is 9.90 Å². The molecule has 2 aliphatic rings. The van der Waals surface area contributed by atoms with Crippen molar-refractivity contribution in [3.8, 4) is 11.4 Å². The summed E-state index contributed by atoms with van der Waals surface area (Å²) in [5.74, 6) is 1.10. The van der Waals surface area contributed by atoms with Gasteiger partial charge >= 0.3 is 5.97 Å². The number of hydrogen-bond donors (Lipinski definition) is 1. The van der Waals surface area contributed by atoms with E-state index in [1.807, 2.05) is 35.0 Å². The molecule has 1 N–H and O–H groups in total. The number of ether oxygens (including phenoxy) is 2. The Bertz CT molecular complexity index is 788. The molecule has 0 unspecified atom stereocenters. The van der Waals surface area contributed by atoms with Crippen molar-refractivity contribution in [2.24, 2.45) is 11.3 Å². The van der Waals surface area contributed by atoms with E-state index in [0.717, 1.165) is 30.2 Å². The Morgan fingerprint density at radius 2 is 2.23 bits per heavy atom. The number of hydrogen-bond acceptors (Lipinski definition) is 5. The Morgan fingerprint density at radius 3 is 2.92 bits per heavy atom. The van der Waals surface area contributed by atoms with Gasteiger partial charge in [-0.05, 0) is 36.6 Å². The zero-order chi connectivity index (χ0) is 18.1. The standard InChI is InChI=1S/C19H23N3O4/c1-25-16-4-2-15(3-5-16)22-8-7-20-17(22)11-21-10-14-6-9-26-13-19(14,12-21)18(23)24/h2-5,7-8,14H,6,9-13H2,1H3,(H,23,24)/t14-,19+/m0/s1. The summed E-state index contributed by atoms with van der Waals surface area (Å²) in [6.45, 7) is 2.84. The predicted molar refractivity (Wildman–Crippen MR) is 94.4 cm³/mol. The van der Waals surface area contributed by atoms with Crippen LogP contribution in [0.25, 0.3) is 5.69 Å². The maximum atomic E-state index is 11.9. The molecule has 0 spiro atoms. The van der Waals surface area contributed by atoms with Crippen LogP contribution in [0, 0.1) is 11.3 Å². The minimum atomic E-state index is -0.782. The molecule has 0 radical (unpaired) electrons. The molecule has 7 heteroatoms. The van der Waals surface area contributed by atoms with Crippen LogP contribution >= 0.6 is 0 Å². The number of imidazole rings is 1. The summed E-state index contributed by atoms with van der Waals surface area (Å²) >= 11 is 0. The summed E-state index contributed by atoms with van der Waals surface area (Å²) in [4.78, 5) is 18.6. The molecule has 1 aromatic heterocycles. The highest BCUT2D eigenvalue weighted by Crippen LogP contribution is 2.42. The van der Waals surface area contributed by atoms with E-state index >= 15 is 0 Å². The number of carbonyl (C=O) groups is 1. The van der Waals surface area contributed by atoms with Gasteiger partial charge in [0.25, 0.3) is 0 Å². The van der Waals surface area contributed by atoms with E-state index in [0.29, 0.717) is 26.3 Å². The van der Waals surface area contributed by atoms with E-state index in [-0.39, 0.29) is 5.92 Å². The molecule has 0 aliphatic carbocycles. The lowest BCUT2D eigenvalue weighted by Gasteiger charge is -2.34. The molecular formula is C19H23N3O4. The first-order valence-electron chi connectivity index (χ1n) is 8.82. The average molecular weight is 357 g/mol. The molecule has 4 rings (SSSR count). The van der Waals surface area contributed by atoms with Crippen molar-refractivity contribution < 1.29 is 19.4 Å². The third kappa shape index (κ3) is 2.87. The molecule has 1 aromatic carbocycles. The Morgan fingerprint density at radius 1 is 1.42 bits per heavy atom. The summed E-state index contributed by atoms with van der Waals surface area (Å²) in [5.41, 5.74) is 0.224. The predicted octanol–water partition coefficient (Wildman–Crippen LogP) is 1.80. The molecule has 2 atom stereocenters. The highest BCUT2D eigenvalue weighted by Gasteiger charge is 2.54. The van der Waals surface area contributed by atoms with Crippen LogP contribution in [-0.4, -0.2) is 58.9 Å². The van der Waals surface area contributed by atoms with Crippen LogP contribution in [0.3, 0.4) is 0 Å². The van der Waals surface area contributed by atoms with Gasteiger partial charge in [0.2, 0.25) is 0 Å². The monoisotopic (exact) mass is 357 g/mol. The van der Waals surface area contributed by atoms with Gasteiger partial charge in [-0.2, -0.15) is 0 Å². The number of aromatic nitrogens is 2. The zero-order valence-corrected chi connectivity index (χ0v) is 14.8. The average Bonchev–Trinajstić information content (AvgIpc) is 3.26. The minimum absolute atomic E-state index is 0.137. The van der Waals surface area contributed by atoms with Crippen LogP contribution in [-0.2, 0) is 16.1 Å². The second kappa shape index (κ2) is 6.74. The molecule has 0 amide bonds. The zero-order valence-electron chi connectivity index (χ0n) is 14.8. The normalized spacial score (nSPS) is 25.8. The SMILES string of the molecule is COc1ccc(-n2ccnc2CN2C[C@@H]3CCOC[C@]3(C(=O)O)C2)cc1. The Balaban J connectivity index is 1.54. The summed E-state index contributed by atoms with van der Waals surface area (Å²) in [6.07, 6.45) is 4.50. The first-order chi connectivity index (χ1) is 12.6. The number of carboxylic acids is 1. The van der Waals surface area contributed by atoms with Crippen LogP contribution < -0.4 is 4.74 Å². The van der Waals surface area contributed by atoms with Crippen LogP contribution in [0.5, 0.6) is 5.75 Å². The van der Waals surface area contributed by atoms with Crippen LogP contribution in [0.4, 0.5) is 0 Å². The quantitative estimate of drug-likeness (QED) is 0.879. The number of carboxylic acid groups (broad SMARTS) is 1. The van der Waals surface area contributed by atoms with Crippen molar-refractivity contribution in [2.45, 2.75) is 13.0 Å². The number of rotatable bonds is 5. The largest absolute Gasteiger partial charge is 0.497 e. The molecule has 7 nitrogen and oxygen atoms in total. The van der Waals surface area contributed by atoms with Crippen LogP contribution in [0.2, 0.25) is 0 Å². The second-order valence-electron chi connectivity index (χ2n) is 7.08. The Labute approximate surface area is 152 Å². The lowest BCUT2D eigenvalue weighted by Crippen LogP contribution is -2.46. The smallest absolute Gasteiger partial charge is 0.313 e. The van der Waals surface area contributed by atoms with Crippen molar-refractivity contribution in [3.63, 3.8) is 0 Å². The van der Waals surface area contributed by atoms with Gasteiger partial charge in [0.15, 0.2) is 0 Å². The maximum absolute atomic E-state index is 11.9. The van der Waals surface area contributed by atoms with Gasteiger partial charge in [0.1, 0.15) is 17.0 Å². The number of likely N-dealkylation sites (tertiary alicyclic amines) is 1. The van der Waals surface area contributed by atoms with Crippen molar-refractivity contribution >= 4 is 5.97 Å². The van der Waals surface area contributed by atoms with Crippen molar-refractivity contribution in [3.05, 3.63) is 42.5 Å². The molecule has 0 bridgehead atoms. The first kappa shape index (κ1) is 17.1. The van der Waals surface area contributed by atoms with Gasteiger partial charge in [-0.3, -0.25) is 9.69 Å². The fourth-order valence-corrected chi connectivity index (χ4v) is 4.14. The van der Waals surface area contributed by atoms with E-state index in [4.69, 9.17) is 9.47 Å². The molecule has 3 heterocycles. The Hall–Kier alpha value is -2.38. The number of methoxy groups -OCH3 is 1. The van der Waals surface area contributed by atoms with Gasteiger partial charge in [-0.1, -0.05) is 0 Å². The van der Waals surface area contributed by atoms with Gasteiger partial charge in [0.05, 0.1) is 20.3 Å². The molecule has 138 valence electrons. The highest BCUT2D eigenvalue weighted by molar-refractivity contribution is 5.76. The van der Waals surface area contributed by atoms with Crippen LogP contribution in [0.15, 0.2) is 36.7 Å². The molecular weight excluding hydrogens is 334 g/mol. The summed E-state index contributed by atoms with van der Waals surface area (Å²) in [6, 6.07) is 7.81. The van der Waals surface area contributed by atoms with Crippen molar-refractivity contribution in [2.75, 3.05) is 33.4 Å². The third-order valence-electron chi connectivity index (χ3n) is 5.60. The molecule has 26 heavy (non-hydrogen) atoms. The number of nitrogens with zero attached hydrogens (tertiary/aromatic N) is 3. The fourth-order valence-electron chi connectivity index (χ4n) is 4.14. The molecule has 2 saturated heterocycles. The van der Waals surface area contributed by atoms with Gasteiger partial charge in [-0.15, -0.1) is 0 Å². The highest BCUT2D eigenvalue weighted by atomic mass is 16.5. The van der Waals surface area contributed by atoms with Crippen molar-refractivity contribution in [1.82, 2.24) is 14.5 Å². The number of aliphatic carboxylic acids is 1. The fraction of sp³-hybridized carbons (Fsp3) is 0.474. The molecule has 2 aliphatic heterocycles. The second-order valence-corrected chi connectivity index (χ2v) is 7.08.